The van der Waals surface area contributed by atoms with E-state index in [1.165, 1.54) is 0 Å². The van der Waals surface area contributed by atoms with E-state index in [-0.39, 0.29) is 37.9 Å². The van der Waals surface area contributed by atoms with Crippen molar-refractivity contribution in [1.29, 1.82) is 0 Å². The second-order valence-electron chi connectivity index (χ2n) is 9.04. The first-order chi connectivity index (χ1) is 19.0. The fourth-order valence-corrected chi connectivity index (χ4v) is 5.24. The quantitative estimate of drug-likeness (QED) is 0.242. The molecule has 1 fully saturated rings. The van der Waals surface area contributed by atoms with E-state index in [0.29, 0.717) is 11.4 Å². The van der Waals surface area contributed by atoms with Gasteiger partial charge in [-0.15, -0.1) is 11.8 Å². The number of hydrogen-bond donors (Lipinski definition) is 3. The summed E-state index contributed by atoms with van der Waals surface area (Å²) in [6.07, 6.45) is 0.687. The molecule has 10 heteroatoms. The third kappa shape index (κ3) is 8.03. The molecule has 2 aromatic carbocycles. The van der Waals surface area contributed by atoms with Crippen molar-refractivity contribution in [2.75, 3.05) is 24.2 Å². The number of pyridine rings is 1. The fraction of sp³-hybridized carbons (Fsp3) is 0.345. The Morgan fingerprint density at radius 2 is 1.87 bits per heavy atom. The van der Waals surface area contributed by atoms with Crippen LogP contribution in [0.2, 0.25) is 0 Å². The van der Waals surface area contributed by atoms with Crippen LogP contribution in [0.5, 0.6) is 0 Å². The highest BCUT2D eigenvalue weighted by molar-refractivity contribution is 7.99. The Hall–Kier alpha value is -3.44. The summed E-state index contributed by atoms with van der Waals surface area (Å²) in [6.45, 7) is 3.81. The summed E-state index contributed by atoms with van der Waals surface area (Å²) in [5, 5.41) is 15.6. The number of carbonyl (C=O) groups excluding carboxylic acids is 2. The number of carbonyl (C=O) groups is 2. The lowest BCUT2D eigenvalue weighted by Gasteiger charge is -2.41. The highest BCUT2D eigenvalue weighted by atomic mass is 32.2. The Bertz CT molecular complexity index is 1230. The van der Waals surface area contributed by atoms with Crippen LogP contribution in [0.1, 0.15) is 42.9 Å². The van der Waals surface area contributed by atoms with Gasteiger partial charge in [0.15, 0.2) is 6.29 Å². The monoisotopic (exact) mass is 551 g/mol. The van der Waals surface area contributed by atoms with Crippen LogP contribution in [0, 0.1) is 5.92 Å². The van der Waals surface area contributed by atoms with E-state index in [1.807, 2.05) is 54.6 Å². The van der Waals surface area contributed by atoms with E-state index >= 15 is 0 Å². The third-order valence-electron chi connectivity index (χ3n) is 6.27. The van der Waals surface area contributed by atoms with Gasteiger partial charge in [-0.05, 0) is 42.3 Å². The highest BCUT2D eigenvalue weighted by Crippen LogP contribution is 2.43. The third-order valence-corrected chi connectivity index (χ3v) is 7.30. The lowest BCUT2D eigenvalue weighted by atomic mass is 9.91. The largest absolute Gasteiger partial charge is 0.465 e. The minimum absolute atomic E-state index is 0.0242. The second-order valence-corrected chi connectivity index (χ2v) is 10.1. The number of urea groups is 1. The molecule has 2 heterocycles. The first-order valence-electron chi connectivity index (χ1n) is 12.8. The summed E-state index contributed by atoms with van der Waals surface area (Å²) < 4.78 is 17.8. The molecule has 0 bridgehead atoms. The lowest BCUT2D eigenvalue weighted by Crippen LogP contribution is -2.38. The number of benzene rings is 2. The van der Waals surface area contributed by atoms with Gasteiger partial charge < -0.3 is 30.0 Å². The molecule has 1 aromatic heterocycles. The number of nitrogens with one attached hydrogen (secondary N) is 2. The summed E-state index contributed by atoms with van der Waals surface area (Å²) in [5.41, 5.74) is 3.10. The highest BCUT2D eigenvalue weighted by Gasteiger charge is 2.38. The van der Waals surface area contributed by atoms with Crippen LogP contribution in [0.25, 0.3) is 0 Å². The molecule has 9 nitrogen and oxygen atoms in total. The fourth-order valence-electron chi connectivity index (χ4n) is 4.21. The van der Waals surface area contributed by atoms with Gasteiger partial charge in [-0.25, -0.2) is 9.78 Å². The van der Waals surface area contributed by atoms with E-state index in [2.05, 4.69) is 22.5 Å². The van der Waals surface area contributed by atoms with Crippen molar-refractivity contribution in [3.63, 3.8) is 0 Å². The Morgan fingerprint density at radius 3 is 2.59 bits per heavy atom. The van der Waals surface area contributed by atoms with Crippen LogP contribution in [-0.4, -0.2) is 47.1 Å². The summed E-state index contributed by atoms with van der Waals surface area (Å²) in [5.74, 6) is 0.205. The topological polar surface area (TPSA) is 119 Å². The van der Waals surface area contributed by atoms with E-state index in [1.54, 1.807) is 37.0 Å². The Balaban J connectivity index is 1.51. The van der Waals surface area contributed by atoms with Crippen molar-refractivity contribution in [1.82, 2.24) is 10.3 Å². The summed E-state index contributed by atoms with van der Waals surface area (Å²) in [7, 11) is 0. The van der Waals surface area contributed by atoms with E-state index in [4.69, 9.17) is 14.2 Å². The zero-order chi connectivity index (χ0) is 27.6. The number of aliphatic hydroxyl groups excluding tert-OH is 1. The first kappa shape index (κ1) is 28.6. The number of aromatic nitrogens is 1. The molecule has 0 saturated carbocycles. The number of esters is 1. The number of hydrogen-bond acceptors (Lipinski definition) is 8. The molecule has 0 spiro atoms. The van der Waals surface area contributed by atoms with Gasteiger partial charge >= 0.3 is 12.0 Å². The van der Waals surface area contributed by atoms with Crippen LogP contribution in [0.15, 0.2) is 78.0 Å². The number of nitrogens with zero attached hydrogens (tertiary/aromatic N) is 1. The zero-order valence-electron chi connectivity index (χ0n) is 21.9. The molecule has 1 aliphatic heterocycles. The first-order valence-corrected chi connectivity index (χ1v) is 13.8. The maximum Gasteiger partial charge on any atom is 0.325 e. The molecule has 3 aromatic rings. The number of aliphatic hydroxyl groups is 1. The summed E-state index contributed by atoms with van der Waals surface area (Å²) in [4.78, 5) is 28.2. The molecular formula is C29H33N3O6S. The maximum atomic E-state index is 12.3. The van der Waals surface area contributed by atoms with Crippen molar-refractivity contribution in [2.24, 2.45) is 5.92 Å². The number of ether oxygens (including phenoxy) is 3. The van der Waals surface area contributed by atoms with Crippen molar-refractivity contribution >= 4 is 29.4 Å². The number of anilines is 1. The van der Waals surface area contributed by atoms with Gasteiger partial charge in [0.2, 0.25) is 0 Å². The van der Waals surface area contributed by atoms with Gasteiger partial charge in [-0.2, -0.15) is 0 Å². The summed E-state index contributed by atoms with van der Waals surface area (Å²) in [6, 6.07) is 20.3. The minimum Gasteiger partial charge on any atom is -0.465 e. The SMILES string of the molecule is CCOC(=O)CNC(=O)Nc1cccc([C@@H]2O[C@H](CSc3ccccn3)[C@H](C)[C@H](c3ccc(CO)cc3)O2)c1. The molecule has 4 rings (SSSR count). The smallest absolute Gasteiger partial charge is 0.325 e. The molecule has 0 radical (unpaired) electrons. The predicted octanol–water partition coefficient (Wildman–Crippen LogP) is 4.84. The Kier molecular flexibility index (Phi) is 10.3. The van der Waals surface area contributed by atoms with Gasteiger partial charge in [-0.3, -0.25) is 4.79 Å². The minimum atomic E-state index is -0.678. The van der Waals surface area contributed by atoms with E-state index < -0.39 is 18.3 Å². The second kappa shape index (κ2) is 14.1. The normalized spacial score (nSPS) is 20.7. The van der Waals surface area contributed by atoms with Gasteiger partial charge in [0.05, 0.1) is 30.4 Å². The van der Waals surface area contributed by atoms with Crippen LogP contribution in [-0.2, 0) is 25.6 Å². The average molecular weight is 552 g/mol. The van der Waals surface area contributed by atoms with Crippen LogP contribution < -0.4 is 10.6 Å². The number of thioether (sulfide) groups is 1. The molecule has 3 N–H and O–H groups in total. The zero-order valence-corrected chi connectivity index (χ0v) is 22.7. The van der Waals surface area contributed by atoms with Crippen molar-refractivity contribution < 1.29 is 28.9 Å². The number of rotatable bonds is 10. The molecule has 0 aliphatic carbocycles. The van der Waals surface area contributed by atoms with E-state index in [9.17, 15) is 14.7 Å². The molecule has 39 heavy (non-hydrogen) atoms. The molecular weight excluding hydrogens is 518 g/mol. The number of amides is 2. The van der Waals surface area contributed by atoms with Crippen LogP contribution in [0.4, 0.5) is 10.5 Å². The van der Waals surface area contributed by atoms with Crippen molar-refractivity contribution in [3.8, 4) is 0 Å². The summed E-state index contributed by atoms with van der Waals surface area (Å²) >= 11 is 1.63. The molecule has 2 amide bonds. The Morgan fingerprint density at radius 1 is 1.05 bits per heavy atom. The van der Waals surface area contributed by atoms with Gasteiger partial charge in [0.25, 0.3) is 0 Å². The van der Waals surface area contributed by atoms with Crippen molar-refractivity contribution in [2.45, 2.75) is 44.0 Å². The molecule has 1 saturated heterocycles. The Labute approximate surface area is 232 Å². The van der Waals surface area contributed by atoms with Gasteiger partial charge in [-0.1, -0.05) is 49.4 Å². The van der Waals surface area contributed by atoms with Crippen LogP contribution in [0.3, 0.4) is 0 Å². The van der Waals surface area contributed by atoms with Gasteiger partial charge in [0.1, 0.15) is 6.54 Å². The van der Waals surface area contributed by atoms with Crippen LogP contribution >= 0.6 is 11.8 Å². The predicted molar refractivity (Wildman–Crippen MR) is 148 cm³/mol. The van der Waals surface area contributed by atoms with E-state index in [0.717, 1.165) is 21.7 Å². The standard InChI is InChI=1S/C29H33N3O6S/c1-3-36-26(34)16-31-29(35)32-23-8-6-7-22(15-23)28-37-24(18-39-25-9-4-5-14-30-25)19(2)27(38-28)21-12-10-20(17-33)11-13-21/h4-15,19,24,27-28,33H,3,16-18H2,1-2H3,(H2,31,32,35)/t19-,24+,27+,28+/m0/s1. The lowest BCUT2D eigenvalue weighted by molar-refractivity contribution is -0.268. The van der Waals surface area contributed by atoms with Crippen molar-refractivity contribution in [3.05, 3.63) is 89.6 Å². The molecule has 206 valence electrons. The van der Waals surface area contributed by atoms with Gasteiger partial charge in [0, 0.05) is 29.1 Å². The molecule has 1 aliphatic rings. The molecule has 4 atom stereocenters. The maximum absolute atomic E-state index is 12.3. The average Bonchev–Trinajstić information content (AvgIpc) is 2.96. The molecule has 0 unspecified atom stereocenters.